The molecule has 0 radical (unpaired) electrons. The molecule has 1 N–H and O–H groups in total. The summed E-state index contributed by atoms with van der Waals surface area (Å²) in [5.74, 6) is -0.253. The van der Waals surface area contributed by atoms with Crippen LogP contribution in [0.15, 0.2) is 42.9 Å². The quantitative estimate of drug-likeness (QED) is 0.162. The fourth-order valence-electron chi connectivity index (χ4n) is 5.56. The monoisotopic (exact) mass is 632 g/mol. The summed E-state index contributed by atoms with van der Waals surface area (Å²) >= 11 is 0. The van der Waals surface area contributed by atoms with E-state index in [-0.39, 0.29) is 6.73 Å². The Balaban J connectivity index is 1.51. The van der Waals surface area contributed by atoms with Gasteiger partial charge in [-0.3, -0.25) is 4.98 Å². The molecule has 0 aliphatic heterocycles. The van der Waals surface area contributed by atoms with Crippen molar-refractivity contribution in [3.8, 4) is 29.0 Å². The Morgan fingerprint density at radius 1 is 1.20 bits per heavy atom. The zero-order valence-corrected chi connectivity index (χ0v) is 27.7. The zero-order chi connectivity index (χ0) is 32.4. The van der Waals surface area contributed by atoms with Crippen LogP contribution in [-0.4, -0.2) is 61.7 Å². The molecule has 1 fully saturated rings. The fourth-order valence-corrected chi connectivity index (χ4v) is 6.32. The van der Waals surface area contributed by atoms with Gasteiger partial charge in [0.1, 0.15) is 41.5 Å². The molecule has 3 aromatic heterocycles. The van der Waals surface area contributed by atoms with E-state index in [1.54, 1.807) is 56.2 Å². The number of halogens is 1. The number of aromatic nitrogens is 6. The Kier molecular flexibility index (Phi) is 9.36. The smallest absolute Gasteiger partial charge is 0.407 e. The lowest BCUT2D eigenvalue weighted by atomic mass is 9.80. The van der Waals surface area contributed by atoms with Crippen LogP contribution in [0.3, 0.4) is 0 Å². The number of pyridine rings is 1. The first-order valence-electron chi connectivity index (χ1n) is 15.3. The fraction of sp³-hybridized carbons (Fsp3) is 0.500. The number of hydrogen-bond donors (Lipinski definition) is 1. The summed E-state index contributed by atoms with van der Waals surface area (Å²) in [6.45, 7) is 13.2. The minimum Gasteiger partial charge on any atom is -0.444 e. The lowest BCUT2D eigenvalue weighted by Gasteiger charge is -2.36. The Bertz CT molecular complexity index is 1700. The van der Waals surface area contributed by atoms with Gasteiger partial charge >= 0.3 is 6.09 Å². The molecule has 3 atom stereocenters. The first-order valence-corrected chi connectivity index (χ1v) is 19.0. The van der Waals surface area contributed by atoms with E-state index in [4.69, 9.17) is 14.5 Å². The summed E-state index contributed by atoms with van der Waals surface area (Å²) in [7, 11) is -1.20. The second kappa shape index (κ2) is 13.1. The number of carbonyl (C=O) groups excluding carboxylic acids is 1. The standard InChI is InChI=1S/C32H41FN8O3Si/c1-32(2,3)44-31(42)38-24-12-9-13-27(22(24)17-34)41-28-16-25(29-36-19-40(39-29)20-43-14-15-45(4,5)6)35-18-26(28)37-30(41)21-10-7-8-11-23(21)33/h7-8,10-11,16,18-19,22,24,27H,9,12-15,20H2,1-6H3,(H,38,42)/t22-,24-,27+/m0/s1. The SMILES string of the molecule is CC(C)(C)OC(=O)N[C@H]1CCC[C@@H](n2c(-c3ccccc3F)nc3cnc(-c4ncn(COCC[Si](C)(C)C)n4)cc32)[C@H]1C#N. The van der Waals surface area contributed by atoms with Gasteiger partial charge in [0.25, 0.3) is 0 Å². The predicted octanol–water partition coefficient (Wildman–Crippen LogP) is 6.57. The second-order valence-electron chi connectivity index (χ2n) is 13.7. The molecule has 3 heterocycles. The number of imidazole rings is 1. The van der Waals surface area contributed by atoms with Crippen molar-refractivity contribution in [1.82, 2.24) is 34.6 Å². The Morgan fingerprint density at radius 2 is 1.98 bits per heavy atom. The number of nitriles is 1. The van der Waals surface area contributed by atoms with Crippen LogP contribution in [0.5, 0.6) is 0 Å². The van der Waals surface area contributed by atoms with Crippen molar-refractivity contribution in [3.05, 3.63) is 48.7 Å². The highest BCUT2D eigenvalue weighted by Crippen LogP contribution is 2.40. The molecule has 0 unspecified atom stereocenters. The van der Waals surface area contributed by atoms with Crippen molar-refractivity contribution in [2.45, 2.75) is 90.1 Å². The first-order chi connectivity index (χ1) is 21.3. The lowest BCUT2D eigenvalue weighted by Crippen LogP contribution is -2.47. The zero-order valence-electron chi connectivity index (χ0n) is 26.7. The number of amides is 1. The minimum absolute atomic E-state index is 0.285. The van der Waals surface area contributed by atoms with Gasteiger partial charge in [0.2, 0.25) is 0 Å². The van der Waals surface area contributed by atoms with Gasteiger partial charge in [-0.1, -0.05) is 31.8 Å². The van der Waals surface area contributed by atoms with Crippen molar-refractivity contribution in [1.29, 1.82) is 5.26 Å². The van der Waals surface area contributed by atoms with Gasteiger partial charge in [0, 0.05) is 14.7 Å². The van der Waals surface area contributed by atoms with E-state index in [1.807, 2.05) is 10.6 Å². The maximum absolute atomic E-state index is 15.2. The molecule has 1 aromatic carbocycles. The van der Waals surface area contributed by atoms with Gasteiger partial charge in [-0.25, -0.2) is 23.8 Å². The third-order valence-corrected chi connectivity index (χ3v) is 9.43. The number of nitrogens with one attached hydrogen (secondary N) is 1. The van der Waals surface area contributed by atoms with Crippen molar-refractivity contribution in [2.24, 2.45) is 5.92 Å². The molecule has 0 saturated heterocycles. The highest BCUT2D eigenvalue weighted by molar-refractivity contribution is 6.76. The van der Waals surface area contributed by atoms with Crippen LogP contribution in [0.25, 0.3) is 33.9 Å². The Labute approximate surface area is 263 Å². The molecule has 45 heavy (non-hydrogen) atoms. The molecule has 238 valence electrons. The Morgan fingerprint density at radius 3 is 2.69 bits per heavy atom. The highest BCUT2D eigenvalue weighted by Gasteiger charge is 2.38. The average molecular weight is 633 g/mol. The number of ether oxygens (including phenoxy) is 2. The summed E-state index contributed by atoms with van der Waals surface area (Å²) in [6, 6.07) is 10.9. The predicted molar refractivity (Wildman–Crippen MR) is 171 cm³/mol. The van der Waals surface area contributed by atoms with Gasteiger partial charge in [0.15, 0.2) is 5.82 Å². The molecule has 0 bridgehead atoms. The van der Waals surface area contributed by atoms with Crippen LogP contribution in [0, 0.1) is 23.1 Å². The van der Waals surface area contributed by atoms with E-state index < -0.39 is 43.6 Å². The van der Waals surface area contributed by atoms with Crippen LogP contribution >= 0.6 is 0 Å². The van der Waals surface area contributed by atoms with E-state index in [9.17, 15) is 10.1 Å². The average Bonchev–Trinajstić information content (AvgIpc) is 3.58. The second-order valence-corrected chi connectivity index (χ2v) is 19.3. The number of hydrogen-bond acceptors (Lipinski definition) is 8. The number of rotatable bonds is 9. The number of benzene rings is 1. The molecule has 0 spiro atoms. The van der Waals surface area contributed by atoms with E-state index >= 15 is 4.39 Å². The third kappa shape index (κ3) is 7.74. The van der Waals surface area contributed by atoms with Crippen LogP contribution in [0.1, 0.15) is 46.1 Å². The largest absolute Gasteiger partial charge is 0.444 e. The molecule has 1 saturated carbocycles. The highest BCUT2D eigenvalue weighted by atomic mass is 28.3. The molecule has 4 aromatic rings. The van der Waals surface area contributed by atoms with E-state index in [2.05, 4.69) is 46.1 Å². The van der Waals surface area contributed by atoms with Crippen LogP contribution in [-0.2, 0) is 16.2 Å². The van der Waals surface area contributed by atoms with Crippen LogP contribution in [0.4, 0.5) is 9.18 Å². The number of nitrogens with zero attached hydrogens (tertiary/aromatic N) is 7. The van der Waals surface area contributed by atoms with Gasteiger partial charge in [-0.05, 0) is 64.3 Å². The molecule has 1 aliphatic rings. The third-order valence-electron chi connectivity index (χ3n) is 7.72. The topological polar surface area (TPSA) is 133 Å². The molecule has 1 amide bonds. The summed E-state index contributed by atoms with van der Waals surface area (Å²) < 4.78 is 30.1. The van der Waals surface area contributed by atoms with Crippen molar-refractivity contribution >= 4 is 25.2 Å². The van der Waals surface area contributed by atoms with Crippen molar-refractivity contribution in [3.63, 3.8) is 0 Å². The first kappa shape index (κ1) is 32.2. The van der Waals surface area contributed by atoms with Crippen molar-refractivity contribution in [2.75, 3.05) is 6.61 Å². The molecular formula is C32H41FN8O3Si. The van der Waals surface area contributed by atoms with Gasteiger partial charge in [-0.2, -0.15) is 5.26 Å². The summed E-state index contributed by atoms with van der Waals surface area (Å²) in [5, 5.41) is 17.9. The van der Waals surface area contributed by atoms with Gasteiger partial charge in [0.05, 0.1) is 41.3 Å². The van der Waals surface area contributed by atoms with E-state index in [0.717, 1.165) is 12.5 Å². The molecule has 13 heteroatoms. The molecule has 11 nitrogen and oxygen atoms in total. The Hall–Kier alpha value is -4.15. The summed E-state index contributed by atoms with van der Waals surface area (Å²) in [4.78, 5) is 26.6. The number of carbonyl (C=O) groups is 1. The van der Waals surface area contributed by atoms with E-state index in [0.29, 0.717) is 53.4 Å². The molecule has 5 rings (SSSR count). The number of fused-ring (bicyclic) bond motifs is 1. The summed E-state index contributed by atoms with van der Waals surface area (Å²) in [6.07, 6.45) is 4.65. The summed E-state index contributed by atoms with van der Waals surface area (Å²) in [5.41, 5.74) is 1.36. The van der Waals surface area contributed by atoms with Crippen molar-refractivity contribution < 1.29 is 18.7 Å². The molecular weight excluding hydrogens is 591 g/mol. The van der Waals surface area contributed by atoms with E-state index in [1.165, 1.54) is 6.07 Å². The maximum Gasteiger partial charge on any atom is 0.407 e. The minimum atomic E-state index is -1.20. The van der Waals surface area contributed by atoms with Crippen LogP contribution < -0.4 is 5.32 Å². The molecule has 1 aliphatic carbocycles. The van der Waals surface area contributed by atoms with Crippen LogP contribution in [0.2, 0.25) is 25.7 Å². The maximum atomic E-state index is 15.2. The van der Waals surface area contributed by atoms with Gasteiger partial charge in [-0.15, -0.1) is 5.10 Å². The normalized spacial score (nSPS) is 18.9. The van der Waals surface area contributed by atoms with Gasteiger partial charge < -0.3 is 19.4 Å². The lowest BCUT2D eigenvalue weighted by molar-refractivity contribution is 0.0468. The number of alkyl carbamates (subject to hydrolysis) is 1.